The molecule has 4 nitrogen and oxygen atoms in total. The SMILES string of the molecule is CC1CCN(S(=O)(=O)c2c(CN)sc3ccccc23)CC1. The molecule has 1 aromatic carbocycles. The van der Waals surface area contributed by atoms with E-state index in [1.54, 1.807) is 4.31 Å². The van der Waals surface area contributed by atoms with E-state index in [-0.39, 0.29) is 6.54 Å². The normalized spacial score (nSPS) is 18.4. The van der Waals surface area contributed by atoms with Crippen LogP contribution < -0.4 is 5.73 Å². The lowest BCUT2D eigenvalue weighted by Crippen LogP contribution is -2.38. The number of sulfonamides is 1. The van der Waals surface area contributed by atoms with Crippen LogP contribution in [0.5, 0.6) is 0 Å². The van der Waals surface area contributed by atoms with E-state index < -0.39 is 10.0 Å². The second-order valence-corrected chi connectivity index (χ2v) is 8.65. The summed E-state index contributed by atoms with van der Waals surface area (Å²) in [4.78, 5) is 1.19. The van der Waals surface area contributed by atoms with Crippen molar-refractivity contribution in [3.8, 4) is 0 Å². The number of nitrogens with zero attached hydrogens (tertiary/aromatic N) is 1. The number of piperidine rings is 1. The lowest BCUT2D eigenvalue weighted by Gasteiger charge is -2.29. The molecule has 0 radical (unpaired) electrons. The maximum absolute atomic E-state index is 13.0. The Bertz CT molecular complexity index is 744. The van der Waals surface area contributed by atoms with Crippen molar-refractivity contribution >= 4 is 31.4 Å². The fourth-order valence-corrected chi connectivity index (χ4v) is 6.10. The van der Waals surface area contributed by atoms with E-state index in [2.05, 4.69) is 6.92 Å². The maximum Gasteiger partial charge on any atom is 0.244 e. The van der Waals surface area contributed by atoms with E-state index in [9.17, 15) is 8.42 Å². The van der Waals surface area contributed by atoms with Crippen molar-refractivity contribution in [3.63, 3.8) is 0 Å². The number of benzene rings is 1. The van der Waals surface area contributed by atoms with Crippen molar-refractivity contribution in [2.24, 2.45) is 11.7 Å². The van der Waals surface area contributed by atoms with Crippen molar-refractivity contribution < 1.29 is 8.42 Å². The monoisotopic (exact) mass is 324 g/mol. The van der Waals surface area contributed by atoms with Crippen LogP contribution in [0.4, 0.5) is 0 Å². The van der Waals surface area contributed by atoms with Crippen molar-refractivity contribution in [2.45, 2.75) is 31.2 Å². The van der Waals surface area contributed by atoms with Gasteiger partial charge in [0.05, 0.1) is 0 Å². The topological polar surface area (TPSA) is 63.4 Å². The highest BCUT2D eigenvalue weighted by Gasteiger charge is 2.32. The van der Waals surface area contributed by atoms with Gasteiger partial charge in [0.2, 0.25) is 10.0 Å². The van der Waals surface area contributed by atoms with Crippen molar-refractivity contribution in [1.82, 2.24) is 4.31 Å². The van der Waals surface area contributed by atoms with Crippen LogP contribution in [0, 0.1) is 5.92 Å². The minimum Gasteiger partial charge on any atom is -0.326 e. The number of hydrogen-bond donors (Lipinski definition) is 1. The zero-order chi connectivity index (χ0) is 15.0. The Labute approximate surface area is 129 Å². The van der Waals surface area contributed by atoms with E-state index in [0.29, 0.717) is 23.9 Å². The third-order valence-electron chi connectivity index (χ3n) is 4.14. The number of nitrogens with two attached hydrogens (primary N) is 1. The first-order valence-corrected chi connectivity index (χ1v) is 9.50. The standard InChI is InChI=1S/C15H20N2O2S2/c1-11-6-8-17(9-7-11)21(18,19)15-12-4-2-3-5-13(12)20-14(15)10-16/h2-5,11H,6-10,16H2,1H3. The highest BCUT2D eigenvalue weighted by atomic mass is 32.2. The Balaban J connectivity index is 2.10. The predicted octanol–water partition coefficient (Wildman–Crippen LogP) is 2.78. The molecule has 0 atom stereocenters. The second kappa shape index (κ2) is 5.68. The van der Waals surface area contributed by atoms with Gasteiger partial charge in [-0.25, -0.2) is 8.42 Å². The Morgan fingerprint density at radius 3 is 2.62 bits per heavy atom. The van der Waals surface area contributed by atoms with Crippen LogP contribution in [0.25, 0.3) is 10.1 Å². The second-order valence-electron chi connectivity index (χ2n) is 5.64. The van der Waals surface area contributed by atoms with Gasteiger partial charge in [0.15, 0.2) is 0 Å². The molecule has 0 spiro atoms. The minimum atomic E-state index is -3.45. The van der Waals surface area contributed by atoms with E-state index in [4.69, 9.17) is 5.73 Å². The smallest absolute Gasteiger partial charge is 0.244 e. The lowest BCUT2D eigenvalue weighted by molar-refractivity contribution is 0.288. The Hall–Kier alpha value is -0.950. The zero-order valence-corrected chi connectivity index (χ0v) is 13.7. The summed E-state index contributed by atoms with van der Waals surface area (Å²) in [6.45, 7) is 3.66. The summed E-state index contributed by atoms with van der Waals surface area (Å²) in [6, 6.07) is 7.64. The average molecular weight is 324 g/mol. The molecule has 1 fully saturated rings. The first-order chi connectivity index (χ1) is 10.0. The number of fused-ring (bicyclic) bond motifs is 1. The molecule has 0 unspecified atom stereocenters. The van der Waals surface area contributed by atoms with Crippen LogP contribution in [-0.2, 0) is 16.6 Å². The van der Waals surface area contributed by atoms with Gasteiger partial charge in [-0.1, -0.05) is 25.1 Å². The van der Waals surface area contributed by atoms with Crippen LogP contribution in [0.15, 0.2) is 29.2 Å². The van der Waals surface area contributed by atoms with Crippen LogP contribution in [0.3, 0.4) is 0 Å². The van der Waals surface area contributed by atoms with Crippen LogP contribution in [0.1, 0.15) is 24.6 Å². The van der Waals surface area contributed by atoms with Gasteiger partial charge in [0.1, 0.15) is 4.90 Å². The maximum atomic E-state index is 13.0. The summed E-state index contributed by atoms with van der Waals surface area (Å²) in [6.07, 6.45) is 1.86. The van der Waals surface area contributed by atoms with Gasteiger partial charge >= 0.3 is 0 Å². The summed E-state index contributed by atoms with van der Waals surface area (Å²) < 4.78 is 28.7. The molecule has 3 rings (SSSR count). The lowest BCUT2D eigenvalue weighted by atomic mass is 10.0. The summed E-state index contributed by atoms with van der Waals surface area (Å²) in [7, 11) is -3.45. The van der Waals surface area contributed by atoms with Crippen molar-refractivity contribution in [2.75, 3.05) is 13.1 Å². The third-order valence-corrected chi connectivity index (χ3v) is 7.49. The predicted molar refractivity (Wildman–Crippen MR) is 86.9 cm³/mol. The van der Waals surface area contributed by atoms with E-state index >= 15 is 0 Å². The Morgan fingerprint density at radius 2 is 1.95 bits per heavy atom. The van der Waals surface area contributed by atoms with E-state index in [0.717, 1.165) is 27.8 Å². The fraction of sp³-hybridized carbons (Fsp3) is 0.467. The van der Waals surface area contributed by atoms with E-state index in [1.165, 1.54) is 11.3 Å². The molecule has 1 aliphatic heterocycles. The van der Waals surface area contributed by atoms with E-state index in [1.807, 2.05) is 24.3 Å². The first kappa shape index (κ1) is 15.0. The molecule has 0 amide bonds. The van der Waals surface area contributed by atoms with Gasteiger partial charge in [-0.15, -0.1) is 11.3 Å². The van der Waals surface area contributed by atoms with Crippen LogP contribution in [0.2, 0.25) is 0 Å². The third kappa shape index (κ3) is 2.61. The molecule has 0 aliphatic carbocycles. The highest BCUT2D eigenvalue weighted by molar-refractivity contribution is 7.89. The molecule has 0 saturated carbocycles. The van der Waals surface area contributed by atoms with Crippen LogP contribution in [-0.4, -0.2) is 25.8 Å². The largest absolute Gasteiger partial charge is 0.326 e. The minimum absolute atomic E-state index is 0.262. The Morgan fingerprint density at radius 1 is 1.29 bits per heavy atom. The average Bonchev–Trinajstić information content (AvgIpc) is 2.87. The molecule has 2 aromatic rings. The quantitative estimate of drug-likeness (QED) is 0.944. The summed E-state index contributed by atoms with van der Waals surface area (Å²) >= 11 is 1.48. The van der Waals surface area contributed by atoms with Crippen LogP contribution >= 0.6 is 11.3 Å². The summed E-state index contributed by atoms with van der Waals surface area (Å²) in [5.74, 6) is 0.602. The Kier molecular flexibility index (Phi) is 4.05. The molecular weight excluding hydrogens is 304 g/mol. The zero-order valence-electron chi connectivity index (χ0n) is 12.1. The number of hydrogen-bond acceptors (Lipinski definition) is 4. The summed E-state index contributed by atoms with van der Waals surface area (Å²) in [5, 5.41) is 0.807. The van der Waals surface area contributed by atoms with Gasteiger partial charge < -0.3 is 5.73 Å². The molecule has 0 bridgehead atoms. The van der Waals surface area contributed by atoms with Gasteiger partial charge in [-0.3, -0.25) is 0 Å². The van der Waals surface area contributed by atoms with Crippen molar-refractivity contribution in [1.29, 1.82) is 0 Å². The molecule has 2 N–H and O–H groups in total. The highest BCUT2D eigenvalue weighted by Crippen LogP contribution is 2.37. The van der Waals surface area contributed by atoms with Crippen molar-refractivity contribution in [3.05, 3.63) is 29.1 Å². The van der Waals surface area contributed by atoms with Gasteiger partial charge in [0.25, 0.3) is 0 Å². The number of thiophene rings is 1. The summed E-state index contributed by atoms with van der Waals surface area (Å²) in [5.41, 5.74) is 5.79. The first-order valence-electron chi connectivity index (χ1n) is 7.24. The molecule has 2 heterocycles. The molecular formula is C15H20N2O2S2. The van der Waals surface area contributed by atoms with Gasteiger partial charge in [-0.05, 0) is 24.8 Å². The van der Waals surface area contributed by atoms with Gasteiger partial charge in [0, 0.05) is 34.6 Å². The fourth-order valence-electron chi connectivity index (χ4n) is 2.84. The molecule has 21 heavy (non-hydrogen) atoms. The van der Waals surface area contributed by atoms with Gasteiger partial charge in [-0.2, -0.15) is 4.31 Å². The molecule has 1 saturated heterocycles. The molecule has 1 aliphatic rings. The molecule has 114 valence electrons. The molecule has 6 heteroatoms. The molecule has 1 aromatic heterocycles. The number of rotatable bonds is 3.